The minimum absolute atomic E-state index is 0.275. The molecule has 0 heterocycles. The fourth-order valence-electron chi connectivity index (χ4n) is 2.50. The first-order valence-corrected chi connectivity index (χ1v) is 7.12. The molecular weight excluding hydrogens is 314 g/mol. The summed E-state index contributed by atoms with van der Waals surface area (Å²) in [5.41, 5.74) is 0. The lowest BCUT2D eigenvalue weighted by molar-refractivity contribution is -0.338. The van der Waals surface area contributed by atoms with Gasteiger partial charge in [0.1, 0.15) is 0 Å². The van der Waals surface area contributed by atoms with Gasteiger partial charge in [0.2, 0.25) is 0 Å². The van der Waals surface area contributed by atoms with Crippen molar-refractivity contribution in [1.82, 2.24) is 0 Å². The second-order valence-electron chi connectivity index (χ2n) is 5.49. The lowest BCUT2D eigenvalue weighted by atomic mass is 9.81. The molecule has 0 N–H and O–H groups in total. The summed E-state index contributed by atoms with van der Waals surface area (Å²) < 4.78 is 83.5. The van der Waals surface area contributed by atoms with Crippen molar-refractivity contribution in [3.8, 4) is 0 Å². The Bertz CT molecular complexity index is 337. The first-order chi connectivity index (χ1) is 10.2. The third kappa shape index (κ3) is 6.06. The van der Waals surface area contributed by atoms with Crippen LogP contribution >= 0.6 is 0 Å². The van der Waals surface area contributed by atoms with Gasteiger partial charge in [0.25, 0.3) is 6.17 Å². The van der Waals surface area contributed by atoms with Crippen molar-refractivity contribution in [3.63, 3.8) is 0 Å². The van der Waals surface area contributed by atoms with E-state index in [1.807, 2.05) is 0 Å². The largest absolute Gasteiger partial charge is 0.502 e. The Morgan fingerprint density at radius 2 is 1.59 bits per heavy atom. The van der Waals surface area contributed by atoms with Crippen molar-refractivity contribution in [2.24, 2.45) is 11.8 Å². The molecule has 0 saturated heterocycles. The van der Waals surface area contributed by atoms with Crippen LogP contribution in [0.15, 0.2) is 12.8 Å². The molecular formula is C14H20F6O2. The molecule has 1 saturated carbocycles. The van der Waals surface area contributed by atoms with Crippen LogP contribution < -0.4 is 0 Å². The van der Waals surface area contributed by atoms with E-state index in [0.717, 1.165) is 19.3 Å². The smallest absolute Gasteiger partial charge is 0.428 e. The van der Waals surface area contributed by atoms with Crippen molar-refractivity contribution in [2.45, 2.75) is 50.6 Å². The summed E-state index contributed by atoms with van der Waals surface area (Å²) in [7, 11) is 0. The minimum Gasteiger partial charge on any atom is -0.502 e. The van der Waals surface area contributed by atoms with Crippen LogP contribution in [-0.2, 0) is 9.47 Å². The zero-order chi connectivity index (χ0) is 16.8. The molecule has 22 heavy (non-hydrogen) atoms. The third-order valence-corrected chi connectivity index (χ3v) is 3.82. The molecule has 0 bridgehead atoms. The van der Waals surface area contributed by atoms with Gasteiger partial charge in [-0.05, 0) is 43.9 Å². The third-order valence-electron chi connectivity index (χ3n) is 3.82. The monoisotopic (exact) mass is 334 g/mol. The van der Waals surface area contributed by atoms with Crippen molar-refractivity contribution < 1.29 is 35.8 Å². The molecule has 1 atom stereocenters. The molecule has 0 amide bonds. The van der Waals surface area contributed by atoms with Gasteiger partial charge in [-0.2, -0.15) is 22.0 Å². The van der Waals surface area contributed by atoms with Crippen LogP contribution in [0, 0.1) is 11.8 Å². The molecule has 0 aromatic rings. The predicted octanol–water partition coefficient (Wildman–Crippen LogP) is 4.85. The number of hydrogen-bond acceptors (Lipinski definition) is 2. The molecule has 2 nitrogen and oxygen atoms in total. The van der Waals surface area contributed by atoms with Gasteiger partial charge in [-0.1, -0.05) is 6.58 Å². The molecule has 0 radical (unpaired) electrons. The lowest BCUT2D eigenvalue weighted by Crippen LogP contribution is -2.44. The fourth-order valence-corrected chi connectivity index (χ4v) is 2.50. The Balaban J connectivity index is 2.31. The van der Waals surface area contributed by atoms with Crippen LogP contribution in [-0.4, -0.2) is 31.7 Å². The second-order valence-corrected chi connectivity index (χ2v) is 5.49. The van der Waals surface area contributed by atoms with E-state index < -0.39 is 25.1 Å². The number of rotatable bonds is 8. The first kappa shape index (κ1) is 19.1. The Labute approximate surface area is 125 Å². The van der Waals surface area contributed by atoms with Crippen molar-refractivity contribution in [1.29, 1.82) is 0 Å². The number of hydrogen-bond donors (Lipinski definition) is 0. The van der Waals surface area contributed by atoms with Gasteiger partial charge in [-0.3, -0.25) is 0 Å². The van der Waals surface area contributed by atoms with Crippen molar-refractivity contribution >= 4 is 0 Å². The predicted molar refractivity (Wildman–Crippen MR) is 68.1 cm³/mol. The SMILES string of the molecule is C=COCCC1CCC(COC(F)(F)C(F)C(F)(F)F)CC1. The Morgan fingerprint density at radius 1 is 1.05 bits per heavy atom. The van der Waals surface area contributed by atoms with Crippen LogP contribution in [0.2, 0.25) is 0 Å². The molecule has 8 heteroatoms. The zero-order valence-corrected chi connectivity index (χ0v) is 12.1. The normalized spacial score (nSPS) is 24.8. The topological polar surface area (TPSA) is 18.5 Å². The maximum Gasteiger partial charge on any atom is 0.428 e. The van der Waals surface area contributed by atoms with Gasteiger partial charge in [0, 0.05) is 0 Å². The van der Waals surface area contributed by atoms with E-state index in [-0.39, 0.29) is 5.92 Å². The first-order valence-electron chi connectivity index (χ1n) is 7.12. The lowest BCUT2D eigenvalue weighted by Gasteiger charge is -2.30. The summed E-state index contributed by atoms with van der Waals surface area (Å²) in [5, 5.41) is 0. The van der Waals surface area contributed by atoms with Gasteiger partial charge in [-0.15, -0.1) is 0 Å². The maximum absolute atomic E-state index is 13.0. The summed E-state index contributed by atoms with van der Waals surface area (Å²) in [6.45, 7) is 3.37. The highest BCUT2D eigenvalue weighted by Gasteiger charge is 2.58. The van der Waals surface area contributed by atoms with Crippen LogP contribution in [0.4, 0.5) is 26.3 Å². The molecule has 0 aliphatic heterocycles. The van der Waals surface area contributed by atoms with E-state index >= 15 is 0 Å². The van der Waals surface area contributed by atoms with E-state index in [9.17, 15) is 26.3 Å². The van der Waals surface area contributed by atoms with E-state index in [4.69, 9.17) is 4.74 Å². The van der Waals surface area contributed by atoms with Crippen LogP contribution in [0.3, 0.4) is 0 Å². The molecule has 0 aromatic heterocycles. The standard InChI is InChI=1S/C14H20F6O2/c1-2-21-8-7-10-3-5-11(6-4-10)9-22-14(19,20)12(15)13(16,17)18/h2,10-12H,1,3-9H2. The minimum atomic E-state index is -5.63. The van der Waals surface area contributed by atoms with E-state index in [2.05, 4.69) is 11.3 Å². The molecule has 1 aliphatic rings. The van der Waals surface area contributed by atoms with Crippen LogP contribution in [0.25, 0.3) is 0 Å². The molecule has 0 aromatic carbocycles. The quantitative estimate of drug-likeness (QED) is 0.359. The maximum atomic E-state index is 13.0. The van der Waals surface area contributed by atoms with Gasteiger partial charge in [-0.25, -0.2) is 4.39 Å². The van der Waals surface area contributed by atoms with Gasteiger partial charge in [0.15, 0.2) is 0 Å². The zero-order valence-electron chi connectivity index (χ0n) is 12.1. The molecule has 0 spiro atoms. The highest BCUT2D eigenvalue weighted by atomic mass is 19.4. The van der Waals surface area contributed by atoms with Crippen molar-refractivity contribution in [3.05, 3.63) is 12.8 Å². The van der Waals surface area contributed by atoms with Gasteiger partial charge < -0.3 is 9.47 Å². The van der Waals surface area contributed by atoms with E-state index in [1.165, 1.54) is 6.26 Å². The van der Waals surface area contributed by atoms with Gasteiger partial charge >= 0.3 is 12.3 Å². The van der Waals surface area contributed by atoms with Crippen LogP contribution in [0.5, 0.6) is 0 Å². The van der Waals surface area contributed by atoms with Gasteiger partial charge in [0.05, 0.1) is 19.5 Å². The summed E-state index contributed by atoms with van der Waals surface area (Å²) >= 11 is 0. The summed E-state index contributed by atoms with van der Waals surface area (Å²) in [6.07, 6.45) is -9.95. The summed E-state index contributed by atoms with van der Waals surface area (Å²) in [5.74, 6) is 0.115. The van der Waals surface area contributed by atoms with E-state index in [0.29, 0.717) is 25.4 Å². The summed E-state index contributed by atoms with van der Waals surface area (Å²) in [4.78, 5) is 0. The second kappa shape index (κ2) is 8.08. The highest BCUT2D eigenvalue weighted by Crippen LogP contribution is 2.37. The Hall–Kier alpha value is -0.920. The molecule has 1 rings (SSSR count). The fraction of sp³-hybridized carbons (Fsp3) is 0.857. The average Bonchev–Trinajstić information content (AvgIpc) is 2.45. The molecule has 1 aliphatic carbocycles. The molecule has 1 fully saturated rings. The Kier molecular flexibility index (Phi) is 7.02. The summed E-state index contributed by atoms with van der Waals surface area (Å²) in [6, 6.07) is 0. The number of ether oxygens (including phenoxy) is 2. The van der Waals surface area contributed by atoms with Crippen LogP contribution in [0.1, 0.15) is 32.1 Å². The average molecular weight is 334 g/mol. The molecule has 130 valence electrons. The number of alkyl halides is 6. The number of halogens is 6. The van der Waals surface area contributed by atoms with E-state index in [1.54, 1.807) is 0 Å². The molecule has 1 unspecified atom stereocenters. The highest BCUT2D eigenvalue weighted by molar-refractivity contribution is 4.77. The Morgan fingerprint density at radius 3 is 2.09 bits per heavy atom. The van der Waals surface area contributed by atoms with Crippen molar-refractivity contribution in [2.75, 3.05) is 13.2 Å².